The number of carbonyl (C=O) groups is 2. The van der Waals surface area contributed by atoms with Gasteiger partial charge in [-0.2, -0.15) is 0 Å². The molecule has 0 radical (unpaired) electrons. The lowest BCUT2D eigenvalue weighted by Gasteiger charge is -2.21. The third kappa shape index (κ3) is 5.49. The second kappa shape index (κ2) is 9.25. The number of methoxy groups -OCH3 is 1. The quantitative estimate of drug-likeness (QED) is 0.804. The first-order valence-electron chi connectivity index (χ1n) is 8.34. The summed E-state index contributed by atoms with van der Waals surface area (Å²) in [4.78, 5) is 25.7. The third-order valence-electron chi connectivity index (χ3n) is 4.08. The van der Waals surface area contributed by atoms with Gasteiger partial charge in [-0.3, -0.25) is 9.59 Å². The zero-order valence-electron chi connectivity index (χ0n) is 15.2. The number of nitrogens with one attached hydrogen (secondary N) is 1. The maximum atomic E-state index is 12.3. The maximum Gasteiger partial charge on any atom is 0.243 e. The summed E-state index contributed by atoms with van der Waals surface area (Å²) < 4.78 is 5.32. The molecule has 0 spiro atoms. The van der Waals surface area contributed by atoms with Gasteiger partial charge in [-0.15, -0.1) is 0 Å². The van der Waals surface area contributed by atoms with E-state index in [4.69, 9.17) is 16.3 Å². The lowest BCUT2D eigenvalue weighted by molar-refractivity contribution is -0.132. The molecule has 2 aromatic carbocycles. The van der Waals surface area contributed by atoms with E-state index < -0.39 is 0 Å². The van der Waals surface area contributed by atoms with Gasteiger partial charge in [-0.1, -0.05) is 35.9 Å². The van der Waals surface area contributed by atoms with Crippen LogP contribution >= 0.6 is 11.6 Å². The molecule has 138 valence electrons. The van der Waals surface area contributed by atoms with Crippen molar-refractivity contribution in [3.05, 3.63) is 58.6 Å². The van der Waals surface area contributed by atoms with E-state index in [9.17, 15) is 9.59 Å². The molecule has 0 aromatic heterocycles. The van der Waals surface area contributed by atoms with Crippen LogP contribution in [0.4, 0.5) is 5.69 Å². The Morgan fingerprint density at radius 3 is 2.58 bits per heavy atom. The SMILES string of the molecule is COc1ccccc1CCN(CC(=O)Nc1ccc(C)c(Cl)c1)C(C)=O. The van der Waals surface area contributed by atoms with Crippen molar-refractivity contribution < 1.29 is 14.3 Å². The van der Waals surface area contributed by atoms with Gasteiger partial charge < -0.3 is 15.0 Å². The summed E-state index contributed by atoms with van der Waals surface area (Å²) in [5.41, 5.74) is 2.54. The van der Waals surface area contributed by atoms with Crippen molar-refractivity contribution in [1.82, 2.24) is 4.90 Å². The number of carbonyl (C=O) groups excluding carboxylic acids is 2. The number of halogens is 1. The van der Waals surface area contributed by atoms with Crippen LogP contribution in [0.15, 0.2) is 42.5 Å². The summed E-state index contributed by atoms with van der Waals surface area (Å²) >= 11 is 6.07. The van der Waals surface area contributed by atoms with E-state index in [2.05, 4.69) is 5.32 Å². The van der Waals surface area contributed by atoms with Crippen molar-refractivity contribution in [3.63, 3.8) is 0 Å². The zero-order chi connectivity index (χ0) is 19.1. The first-order valence-corrected chi connectivity index (χ1v) is 8.72. The van der Waals surface area contributed by atoms with Gasteiger partial charge in [0.05, 0.1) is 13.7 Å². The van der Waals surface area contributed by atoms with E-state index in [-0.39, 0.29) is 18.4 Å². The smallest absolute Gasteiger partial charge is 0.243 e. The van der Waals surface area contributed by atoms with Crippen LogP contribution in [0.2, 0.25) is 5.02 Å². The highest BCUT2D eigenvalue weighted by Gasteiger charge is 2.15. The number of hydrogen-bond acceptors (Lipinski definition) is 3. The highest BCUT2D eigenvalue weighted by molar-refractivity contribution is 6.31. The second-order valence-corrected chi connectivity index (χ2v) is 6.42. The normalized spacial score (nSPS) is 10.3. The van der Waals surface area contributed by atoms with E-state index in [0.29, 0.717) is 23.7 Å². The Balaban J connectivity index is 1.97. The molecule has 0 aliphatic carbocycles. The number of nitrogens with zero attached hydrogens (tertiary/aromatic N) is 1. The summed E-state index contributed by atoms with van der Waals surface area (Å²) in [5, 5.41) is 3.36. The van der Waals surface area contributed by atoms with Crippen molar-refractivity contribution in [2.24, 2.45) is 0 Å². The fourth-order valence-electron chi connectivity index (χ4n) is 2.56. The minimum absolute atomic E-state index is 0.0179. The van der Waals surface area contributed by atoms with Crippen LogP contribution in [0.5, 0.6) is 5.75 Å². The van der Waals surface area contributed by atoms with Gasteiger partial charge in [0.1, 0.15) is 5.75 Å². The number of para-hydroxylation sites is 1. The van der Waals surface area contributed by atoms with Crippen LogP contribution in [-0.4, -0.2) is 36.9 Å². The Labute approximate surface area is 158 Å². The van der Waals surface area contributed by atoms with Crippen molar-refractivity contribution in [1.29, 1.82) is 0 Å². The molecule has 2 aromatic rings. The number of hydrogen-bond donors (Lipinski definition) is 1. The summed E-state index contributed by atoms with van der Waals surface area (Å²) in [6.45, 7) is 3.76. The Morgan fingerprint density at radius 1 is 1.19 bits per heavy atom. The standard InChI is InChI=1S/C20H23ClN2O3/c1-14-8-9-17(12-18(14)21)22-20(25)13-23(15(2)24)11-10-16-6-4-5-7-19(16)26-3/h4-9,12H,10-11,13H2,1-3H3,(H,22,25). The molecule has 0 saturated heterocycles. The van der Waals surface area contributed by atoms with Gasteiger partial charge in [0.15, 0.2) is 0 Å². The Kier molecular flexibility index (Phi) is 7.04. The van der Waals surface area contributed by atoms with Crippen molar-refractivity contribution in [2.75, 3.05) is 25.5 Å². The zero-order valence-corrected chi connectivity index (χ0v) is 16.0. The third-order valence-corrected chi connectivity index (χ3v) is 4.49. The van der Waals surface area contributed by atoms with E-state index in [1.165, 1.54) is 11.8 Å². The largest absolute Gasteiger partial charge is 0.496 e. The number of rotatable bonds is 7. The van der Waals surface area contributed by atoms with Gasteiger partial charge in [0.25, 0.3) is 0 Å². The van der Waals surface area contributed by atoms with Crippen LogP contribution in [0.3, 0.4) is 0 Å². The average molecular weight is 375 g/mol. The molecule has 1 N–H and O–H groups in total. The van der Waals surface area contributed by atoms with Crippen molar-refractivity contribution >= 4 is 29.1 Å². The summed E-state index contributed by atoms with van der Waals surface area (Å²) in [5.74, 6) is 0.354. The molecule has 0 saturated carbocycles. The molecule has 0 aliphatic rings. The Bertz CT molecular complexity index is 792. The van der Waals surface area contributed by atoms with Gasteiger partial charge in [0, 0.05) is 24.2 Å². The number of aryl methyl sites for hydroxylation is 1. The lowest BCUT2D eigenvalue weighted by atomic mass is 10.1. The lowest BCUT2D eigenvalue weighted by Crippen LogP contribution is -2.38. The van der Waals surface area contributed by atoms with E-state index in [0.717, 1.165) is 16.9 Å². The van der Waals surface area contributed by atoms with E-state index >= 15 is 0 Å². The minimum Gasteiger partial charge on any atom is -0.496 e. The molecular formula is C20H23ClN2O3. The summed E-state index contributed by atoms with van der Waals surface area (Å²) in [6, 6.07) is 13.0. The predicted octanol–water partition coefficient (Wildman–Crippen LogP) is 3.69. The molecular weight excluding hydrogens is 352 g/mol. The Morgan fingerprint density at radius 2 is 1.92 bits per heavy atom. The maximum absolute atomic E-state index is 12.3. The van der Waals surface area contributed by atoms with Gasteiger partial charge in [-0.05, 0) is 42.7 Å². The topological polar surface area (TPSA) is 58.6 Å². The molecule has 0 fully saturated rings. The number of anilines is 1. The number of amides is 2. The number of ether oxygens (including phenoxy) is 1. The van der Waals surface area contributed by atoms with Crippen molar-refractivity contribution in [3.8, 4) is 5.75 Å². The van der Waals surface area contributed by atoms with Gasteiger partial charge >= 0.3 is 0 Å². The molecule has 0 heterocycles. The second-order valence-electron chi connectivity index (χ2n) is 6.01. The first-order chi connectivity index (χ1) is 12.4. The average Bonchev–Trinajstić information content (AvgIpc) is 2.61. The predicted molar refractivity (Wildman–Crippen MR) is 104 cm³/mol. The molecule has 0 unspecified atom stereocenters. The molecule has 2 rings (SSSR count). The molecule has 0 bridgehead atoms. The van der Waals surface area contributed by atoms with Crippen molar-refractivity contribution in [2.45, 2.75) is 20.3 Å². The first kappa shape index (κ1) is 19.8. The molecule has 26 heavy (non-hydrogen) atoms. The number of benzene rings is 2. The highest BCUT2D eigenvalue weighted by atomic mass is 35.5. The Hall–Kier alpha value is -2.53. The summed E-state index contributed by atoms with van der Waals surface area (Å²) in [7, 11) is 1.61. The van der Waals surface area contributed by atoms with Gasteiger partial charge in [0.2, 0.25) is 11.8 Å². The molecule has 6 heteroatoms. The van der Waals surface area contributed by atoms with E-state index in [1.807, 2.05) is 37.3 Å². The van der Waals surface area contributed by atoms with Crippen LogP contribution in [0.1, 0.15) is 18.1 Å². The molecule has 2 amide bonds. The van der Waals surface area contributed by atoms with Crippen LogP contribution in [0, 0.1) is 6.92 Å². The van der Waals surface area contributed by atoms with Crippen LogP contribution in [-0.2, 0) is 16.0 Å². The van der Waals surface area contributed by atoms with Crippen LogP contribution < -0.4 is 10.1 Å². The summed E-state index contributed by atoms with van der Waals surface area (Å²) in [6.07, 6.45) is 0.604. The molecule has 0 aliphatic heterocycles. The van der Waals surface area contributed by atoms with Crippen LogP contribution in [0.25, 0.3) is 0 Å². The molecule has 0 atom stereocenters. The van der Waals surface area contributed by atoms with Gasteiger partial charge in [-0.25, -0.2) is 0 Å². The fourth-order valence-corrected chi connectivity index (χ4v) is 2.74. The van der Waals surface area contributed by atoms with E-state index in [1.54, 1.807) is 19.2 Å². The fraction of sp³-hybridized carbons (Fsp3) is 0.300. The monoisotopic (exact) mass is 374 g/mol. The minimum atomic E-state index is -0.264. The molecule has 5 nitrogen and oxygen atoms in total. The highest BCUT2D eigenvalue weighted by Crippen LogP contribution is 2.20.